The Labute approximate surface area is 207 Å². The highest BCUT2D eigenvalue weighted by atomic mass is 35.5. The van der Waals surface area contributed by atoms with E-state index in [0.717, 1.165) is 5.56 Å². The molecule has 2 unspecified atom stereocenters. The van der Waals surface area contributed by atoms with Crippen molar-refractivity contribution in [3.63, 3.8) is 0 Å². The number of carbonyl (C=O) groups is 1. The first-order valence-corrected chi connectivity index (χ1v) is 11.2. The number of ether oxygens (including phenoxy) is 3. The molecule has 4 N–H and O–H groups in total. The molecule has 1 aliphatic carbocycles. The summed E-state index contributed by atoms with van der Waals surface area (Å²) in [4.78, 5) is 17.4. The molecule has 10 heteroatoms. The van der Waals surface area contributed by atoms with Crippen LogP contribution >= 0.6 is 23.2 Å². The fourth-order valence-corrected chi connectivity index (χ4v) is 4.17. The largest absolute Gasteiger partial charge is 0.493 e. The highest BCUT2D eigenvalue weighted by molar-refractivity contribution is 6.42. The molecular formula is C24H24Cl2N4O4. The number of hydrogen-bond acceptors (Lipinski definition) is 7. The van der Waals surface area contributed by atoms with Crippen molar-refractivity contribution in [3.05, 3.63) is 58.2 Å². The van der Waals surface area contributed by atoms with Crippen LogP contribution in [0.5, 0.6) is 17.2 Å². The van der Waals surface area contributed by atoms with E-state index in [2.05, 4.69) is 15.6 Å². The van der Waals surface area contributed by atoms with E-state index in [0.29, 0.717) is 56.6 Å². The number of nitrogens with two attached hydrogens (primary N) is 1. The molecule has 1 fully saturated rings. The topological polar surface area (TPSA) is 108 Å². The van der Waals surface area contributed by atoms with Crippen molar-refractivity contribution in [2.75, 3.05) is 37.7 Å². The van der Waals surface area contributed by atoms with E-state index in [4.69, 9.17) is 43.1 Å². The predicted molar refractivity (Wildman–Crippen MR) is 134 cm³/mol. The maximum absolute atomic E-state index is 12.9. The minimum absolute atomic E-state index is 0.00207. The Morgan fingerprint density at radius 1 is 1.06 bits per heavy atom. The number of aromatic nitrogens is 1. The number of nitrogens with one attached hydrogen (secondary N) is 2. The minimum Gasteiger partial charge on any atom is -0.493 e. The fraction of sp³-hybridized carbons (Fsp3) is 0.250. The summed E-state index contributed by atoms with van der Waals surface area (Å²) < 4.78 is 16.2. The van der Waals surface area contributed by atoms with Crippen LogP contribution in [0.3, 0.4) is 0 Å². The Morgan fingerprint density at radius 3 is 2.38 bits per heavy atom. The van der Waals surface area contributed by atoms with Crippen LogP contribution in [0.15, 0.2) is 42.6 Å². The average molecular weight is 503 g/mol. The molecule has 0 aliphatic heterocycles. The van der Waals surface area contributed by atoms with Crippen molar-refractivity contribution in [1.82, 2.24) is 4.98 Å². The Kier molecular flexibility index (Phi) is 6.90. The van der Waals surface area contributed by atoms with Crippen LogP contribution < -0.4 is 30.6 Å². The number of methoxy groups -OCH3 is 3. The summed E-state index contributed by atoms with van der Waals surface area (Å²) in [5.41, 5.74) is 8.40. The molecule has 2 aromatic carbocycles. The summed E-state index contributed by atoms with van der Waals surface area (Å²) in [7, 11) is 4.66. The maximum Gasteiger partial charge on any atom is 0.228 e. The number of carbonyl (C=O) groups excluding carboxylic acids is 1. The number of pyridine rings is 1. The molecule has 1 saturated carbocycles. The van der Waals surface area contributed by atoms with E-state index in [1.165, 1.54) is 6.07 Å². The number of rotatable bonds is 8. The molecule has 1 aliphatic rings. The van der Waals surface area contributed by atoms with Crippen molar-refractivity contribution in [1.29, 1.82) is 0 Å². The summed E-state index contributed by atoms with van der Waals surface area (Å²) in [5, 5.41) is 6.83. The zero-order valence-electron chi connectivity index (χ0n) is 18.8. The Balaban J connectivity index is 1.53. The van der Waals surface area contributed by atoms with Gasteiger partial charge in [0.15, 0.2) is 11.5 Å². The van der Waals surface area contributed by atoms with E-state index in [-0.39, 0.29) is 17.7 Å². The van der Waals surface area contributed by atoms with Crippen LogP contribution in [-0.4, -0.2) is 32.2 Å². The third-order valence-corrected chi connectivity index (χ3v) is 6.37. The summed E-state index contributed by atoms with van der Waals surface area (Å²) >= 11 is 12.0. The van der Waals surface area contributed by atoms with E-state index in [9.17, 15) is 4.79 Å². The molecule has 0 spiro atoms. The van der Waals surface area contributed by atoms with Crippen LogP contribution in [-0.2, 0) is 4.79 Å². The van der Waals surface area contributed by atoms with Crippen LogP contribution in [0.4, 0.5) is 22.9 Å². The molecule has 0 saturated heterocycles. The van der Waals surface area contributed by atoms with Crippen LogP contribution in [0, 0.1) is 5.92 Å². The summed E-state index contributed by atoms with van der Waals surface area (Å²) in [6.07, 6.45) is 2.38. The Hall–Kier alpha value is -3.36. The molecular weight excluding hydrogens is 479 g/mol. The highest BCUT2D eigenvalue weighted by Gasteiger charge is 2.45. The van der Waals surface area contributed by atoms with Gasteiger partial charge >= 0.3 is 0 Å². The number of nitrogens with zero attached hydrogens (tertiary/aromatic N) is 1. The molecule has 8 nitrogen and oxygen atoms in total. The van der Waals surface area contributed by atoms with Gasteiger partial charge in [-0.3, -0.25) is 4.79 Å². The lowest BCUT2D eigenvalue weighted by atomic mass is 10.1. The van der Waals surface area contributed by atoms with Gasteiger partial charge in [0.25, 0.3) is 0 Å². The van der Waals surface area contributed by atoms with Gasteiger partial charge in [0, 0.05) is 29.9 Å². The number of halogens is 2. The van der Waals surface area contributed by atoms with Gasteiger partial charge in [0.05, 0.1) is 42.7 Å². The first kappa shape index (κ1) is 23.8. The summed E-state index contributed by atoms with van der Waals surface area (Å²) in [6, 6.07) is 10.5. The smallest absolute Gasteiger partial charge is 0.228 e. The van der Waals surface area contributed by atoms with Crippen LogP contribution in [0.2, 0.25) is 10.0 Å². The normalized spacial score (nSPS) is 16.5. The lowest BCUT2D eigenvalue weighted by Crippen LogP contribution is -2.16. The lowest BCUT2D eigenvalue weighted by Gasteiger charge is -2.16. The first-order valence-electron chi connectivity index (χ1n) is 10.4. The van der Waals surface area contributed by atoms with Gasteiger partial charge in [-0.25, -0.2) is 4.98 Å². The number of hydrogen-bond donors (Lipinski definition) is 3. The van der Waals surface area contributed by atoms with Crippen molar-refractivity contribution >= 4 is 52.0 Å². The molecule has 2 atom stereocenters. The lowest BCUT2D eigenvalue weighted by molar-refractivity contribution is -0.117. The number of benzene rings is 2. The Morgan fingerprint density at radius 2 is 1.74 bits per heavy atom. The zero-order chi connectivity index (χ0) is 24.4. The van der Waals surface area contributed by atoms with Gasteiger partial charge in [-0.05, 0) is 36.1 Å². The Bertz CT molecular complexity index is 1210. The summed E-state index contributed by atoms with van der Waals surface area (Å²) in [6.45, 7) is 0. The van der Waals surface area contributed by atoms with Gasteiger partial charge in [0.1, 0.15) is 5.82 Å². The van der Waals surface area contributed by atoms with Crippen LogP contribution in [0.1, 0.15) is 17.9 Å². The van der Waals surface area contributed by atoms with Gasteiger partial charge in [-0.15, -0.1) is 0 Å². The zero-order valence-corrected chi connectivity index (χ0v) is 20.3. The molecule has 1 heterocycles. The van der Waals surface area contributed by atoms with Gasteiger partial charge in [-0.2, -0.15) is 0 Å². The van der Waals surface area contributed by atoms with Crippen molar-refractivity contribution in [3.8, 4) is 17.2 Å². The maximum atomic E-state index is 12.9. The standard InChI is InChI=1S/C24H24Cl2N4O4/c1-32-20-7-12(8-21(33-2)22(20)34-3)29-23-13(5-4-6-28-23)14-9-15(14)24(31)30-19-11-17(26)16(25)10-18(19)27/h4-8,10-11,14-15H,9,27H2,1-3H3,(H,28,29)(H,30,31). The van der Waals surface area contributed by atoms with Crippen LogP contribution in [0.25, 0.3) is 0 Å². The second kappa shape index (κ2) is 9.87. The molecule has 1 aromatic heterocycles. The van der Waals surface area contributed by atoms with E-state index in [1.54, 1.807) is 45.7 Å². The van der Waals surface area contributed by atoms with Gasteiger partial charge < -0.3 is 30.6 Å². The van der Waals surface area contributed by atoms with Gasteiger partial charge in [0.2, 0.25) is 11.7 Å². The van der Waals surface area contributed by atoms with E-state index in [1.807, 2.05) is 12.1 Å². The molecule has 1 amide bonds. The van der Waals surface area contributed by atoms with Gasteiger partial charge in [-0.1, -0.05) is 29.3 Å². The van der Waals surface area contributed by atoms with Crippen molar-refractivity contribution in [2.24, 2.45) is 5.92 Å². The molecule has 3 aromatic rings. The molecule has 4 rings (SSSR count). The van der Waals surface area contributed by atoms with Crippen molar-refractivity contribution < 1.29 is 19.0 Å². The molecule has 34 heavy (non-hydrogen) atoms. The van der Waals surface area contributed by atoms with E-state index >= 15 is 0 Å². The fourth-order valence-electron chi connectivity index (χ4n) is 3.84. The average Bonchev–Trinajstić information content (AvgIpc) is 3.63. The molecule has 0 radical (unpaired) electrons. The molecule has 178 valence electrons. The summed E-state index contributed by atoms with van der Waals surface area (Å²) in [5.74, 6) is 1.82. The quantitative estimate of drug-likeness (QED) is 0.349. The minimum atomic E-state index is -0.224. The number of amides is 1. The number of nitrogen functional groups attached to an aromatic ring is 1. The van der Waals surface area contributed by atoms with E-state index < -0.39 is 0 Å². The predicted octanol–water partition coefficient (Wildman–Crippen LogP) is 5.48. The highest BCUT2D eigenvalue weighted by Crippen LogP contribution is 2.51. The molecule has 0 bridgehead atoms. The first-order chi connectivity index (χ1) is 16.4. The second-order valence-electron chi connectivity index (χ2n) is 7.77. The SMILES string of the molecule is COc1cc(Nc2ncccc2C2CC2C(=O)Nc2cc(Cl)c(Cl)cc2N)cc(OC)c1OC. The third kappa shape index (κ3) is 4.78. The van der Waals surface area contributed by atoms with Crippen molar-refractivity contribution in [2.45, 2.75) is 12.3 Å². The second-order valence-corrected chi connectivity index (χ2v) is 8.59. The third-order valence-electron chi connectivity index (χ3n) is 5.64. The monoisotopic (exact) mass is 502 g/mol. The number of anilines is 4.